The van der Waals surface area contributed by atoms with Gasteiger partial charge in [0.1, 0.15) is 6.33 Å². The topological polar surface area (TPSA) is 98.0 Å². The minimum absolute atomic E-state index is 0.275. The maximum atomic E-state index is 11.7. The number of carbonyl (C=O) groups is 2. The second-order valence-corrected chi connectivity index (χ2v) is 6.70. The molecule has 0 bridgehead atoms. The third-order valence-electron chi connectivity index (χ3n) is 4.74. The summed E-state index contributed by atoms with van der Waals surface area (Å²) in [7, 11) is 0. The van der Waals surface area contributed by atoms with Crippen LogP contribution in [0, 0.1) is 0 Å². The molecule has 6 nitrogen and oxygen atoms in total. The van der Waals surface area contributed by atoms with Gasteiger partial charge in [-0.1, -0.05) is 30.8 Å². The number of primary amides is 1. The first-order chi connectivity index (χ1) is 14.5. The van der Waals surface area contributed by atoms with Crippen molar-refractivity contribution in [3.63, 3.8) is 0 Å². The molecular formula is C24H18N4O2. The van der Waals surface area contributed by atoms with Crippen molar-refractivity contribution in [2.45, 2.75) is 0 Å². The van der Waals surface area contributed by atoms with E-state index in [0.717, 1.165) is 33.2 Å². The number of aromatic nitrogens is 2. The van der Waals surface area contributed by atoms with Crippen LogP contribution in [0.15, 0.2) is 85.8 Å². The van der Waals surface area contributed by atoms with Crippen molar-refractivity contribution < 1.29 is 9.59 Å². The first-order valence-corrected chi connectivity index (χ1v) is 9.23. The van der Waals surface area contributed by atoms with E-state index in [1.165, 1.54) is 12.4 Å². The molecule has 6 heteroatoms. The van der Waals surface area contributed by atoms with E-state index in [1.807, 2.05) is 48.5 Å². The van der Waals surface area contributed by atoms with Crippen LogP contribution in [0.4, 0.5) is 5.69 Å². The van der Waals surface area contributed by atoms with Crippen LogP contribution in [0.3, 0.4) is 0 Å². The first kappa shape index (κ1) is 19.0. The minimum atomic E-state index is -0.465. The second kappa shape index (κ2) is 7.97. The third-order valence-corrected chi connectivity index (χ3v) is 4.74. The highest BCUT2D eigenvalue weighted by molar-refractivity contribution is 6.01. The molecule has 0 aliphatic carbocycles. The zero-order chi connectivity index (χ0) is 21.1. The summed E-state index contributed by atoms with van der Waals surface area (Å²) in [5.41, 5.74) is 10.9. The number of rotatable bonds is 5. The van der Waals surface area contributed by atoms with Gasteiger partial charge in [0.15, 0.2) is 0 Å². The van der Waals surface area contributed by atoms with Crippen LogP contribution >= 0.6 is 0 Å². The lowest BCUT2D eigenvalue weighted by Gasteiger charge is -2.12. The van der Waals surface area contributed by atoms with Gasteiger partial charge in [-0.25, -0.2) is 9.97 Å². The van der Waals surface area contributed by atoms with E-state index in [1.54, 1.807) is 18.3 Å². The van der Waals surface area contributed by atoms with Crippen molar-refractivity contribution in [2.75, 3.05) is 5.32 Å². The lowest BCUT2D eigenvalue weighted by Crippen LogP contribution is -2.10. The Morgan fingerprint density at radius 1 is 0.967 bits per heavy atom. The maximum Gasteiger partial charge on any atom is 0.248 e. The van der Waals surface area contributed by atoms with Crippen molar-refractivity contribution in [1.82, 2.24) is 9.97 Å². The van der Waals surface area contributed by atoms with Gasteiger partial charge in [-0.3, -0.25) is 9.59 Å². The highest BCUT2D eigenvalue weighted by Gasteiger charge is 2.11. The lowest BCUT2D eigenvalue weighted by atomic mass is 9.95. The van der Waals surface area contributed by atoms with E-state index in [-0.39, 0.29) is 5.91 Å². The number of hydrogen-bond acceptors (Lipinski definition) is 4. The molecule has 0 fully saturated rings. The molecule has 0 saturated heterocycles. The first-order valence-electron chi connectivity index (χ1n) is 9.23. The summed E-state index contributed by atoms with van der Waals surface area (Å²) in [6.07, 6.45) is 4.50. The van der Waals surface area contributed by atoms with Crippen molar-refractivity contribution >= 4 is 28.4 Å². The highest BCUT2D eigenvalue weighted by Crippen LogP contribution is 2.34. The quantitative estimate of drug-likeness (QED) is 0.496. The number of nitrogens with zero attached hydrogens (tertiary/aromatic N) is 2. The summed E-state index contributed by atoms with van der Waals surface area (Å²) in [4.78, 5) is 31.6. The molecule has 0 radical (unpaired) electrons. The Kier molecular flexibility index (Phi) is 5.05. The summed E-state index contributed by atoms with van der Waals surface area (Å²) in [6.45, 7) is 3.48. The monoisotopic (exact) mass is 394 g/mol. The van der Waals surface area contributed by atoms with Crippen molar-refractivity contribution in [3.8, 4) is 22.3 Å². The van der Waals surface area contributed by atoms with E-state index in [4.69, 9.17) is 5.73 Å². The molecule has 4 rings (SSSR count). The van der Waals surface area contributed by atoms with Crippen LogP contribution in [0.2, 0.25) is 0 Å². The Hall–Kier alpha value is -4.32. The Balaban J connectivity index is 1.85. The Labute approximate surface area is 173 Å². The molecule has 3 aromatic carbocycles. The van der Waals surface area contributed by atoms with Crippen LogP contribution in [0.1, 0.15) is 10.4 Å². The van der Waals surface area contributed by atoms with Gasteiger partial charge in [-0.15, -0.1) is 0 Å². The van der Waals surface area contributed by atoms with Gasteiger partial charge in [0.2, 0.25) is 11.8 Å². The second-order valence-electron chi connectivity index (χ2n) is 6.70. The summed E-state index contributed by atoms with van der Waals surface area (Å²) >= 11 is 0. The van der Waals surface area contributed by atoms with E-state index >= 15 is 0 Å². The number of amides is 2. The van der Waals surface area contributed by atoms with Crippen LogP contribution < -0.4 is 11.1 Å². The predicted molar refractivity (Wildman–Crippen MR) is 118 cm³/mol. The number of benzene rings is 3. The van der Waals surface area contributed by atoms with Gasteiger partial charge in [0, 0.05) is 28.4 Å². The fraction of sp³-hybridized carbons (Fsp3) is 0. The van der Waals surface area contributed by atoms with Gasteiger partial charge in [-0.05, 0) is 59.2 Å². The highest BCUT2D eigenvalue weighted by atomic mass is 16.1. The molecule has 0 unspecified atom stereocenters. The largest absolute Gasteiger partial charge is 0.366 e. The number of hydrogen-bond donors (Lipinski definition) is 2. The van der Waals surface area contributed by atoms with Crippen molar-refractivity contribution in [3.05, 3.63) is 91.4 Å². The van der Waals surface area contributed by atoms with Gasteiger partial charge in [0.25, 0.3) is 0 Å². The fourth-order valence-corrected chi connectivity index (χ4v) is 3.28. The number of carbonyl (C=O) groups excluding carboxylic acids is 2. The van der Waals surface area contributed by atoms with E-state index in [0.29, 0.717) is 11.3 Å². The molecule has 4 aromatic rings. The fourth-order valence-electron chi connectivity index (χ4n) is 3.28. The molecule has 1 heterocycles. The van der Waals surface area contributed by atoms with Crippen LogP contribution in [-0.2, 0) is 4.79 Å². The summed E-state index contributed by atoms with van der Waals surface area (Å²) < 4.78 is 0. The molecule has 0 aliphatic rings. The maximum absolute atomic E-state index is 11.7. The molecule has 1 aromatic heterocycles. The number of nitrogens with one attached hydrogen (secondary N) is 1. The van der Waals surface area contributed by atoms with Gasteiger partial charge < -0.3 is 11.1 Å². The normalized spacial score (nSPS) is 10.5. The number of anilines is 1. The third kappa shape index (κ3) is 3.79. The van der Waals surface area contributed by atoms with Crippen molar-refractivity contribution in [2.24, 2.45) is 5.73 Å². The zero-order valence-electron chi connectivity index (χ0n) is 16.0. The Bertz CT molecular complexity index is 1280. The molecule has 0 aliphatic heterocycles. The molecule has 146 valence electrons. The van der Waals surface area contributed by atoms with Gasteiger partial charge >= 0.3 is 0 Å². The van der Waals surface area contributed by atoms with E-state index in [2.05, 4.69) is 21.9 Å². The SMILES string of the molecule is C=CC(=O)Nc1cccc(-c2cc(-c3ccc(C(N)=O)cc3)cc3cncnc23)c1. The van der Waals surface area contributed by atoms with E-state index in [9.17, 15) is 9.59 Å². The molecule has 0 spiro atoms. The molecule has 2 amide bonds. The Morgan fingerprint density at radius 3 is 2.50 bits per heavy atom. The summed E-state index contributed by atoms with van der Waals surface area (Å²) in [6, 6.07) is 18.7. The van der Waals surface area contributed by atoms with Crippen LogP contribution in [-0.4, -0.2) is 21.8 Å². The van der Waals surface area contributed by atoms with Gasteiger partial charge in [0.05, 0.1) is 5.52 Å². The molecule has 0 atom stereocenters. The number of fused-ring (bicyclic) bond motifs is 1. The smallest absolute Gasteiger partial charge is 0.248 e. The standard InChI is InChI=1S/C24H18N4O2/c1-2-22(29)28-20-5-3-4-17(11-20)21-12-18(10-19-13-26-14-27-23(19)21)15-6-8-16(9-7-15)24(25)30/h2-14H,1H2,(H2,25,30)(H,28,29). The average Bonchev–Trinajstić information content (AvgIpc) is 2.78. The predicted octanol–water partition coefficient (Wildman–Crippen LogP) is 4.19. The summed E-state index contributed by atoms with van der Waals surface area (Å²) in [5, 5.41) is 3.66. The van der Waals surface area contributed by atoms with Gasteiger partial charge in [-0.2, -0.15) is 0 Å². The Morgan fingerprint density at radius 2 is 1.77 bits per heavy atom. The van der Waals surface area contributed by atoms with Crippen LogP contribution in [0.5, 0.6) is 0 Å². The minimum Gasteiger partial charge on any atom is -0.366 e. The summed E-state index contributed by atoms with van der Waals surface area (Å²) in [5.74, 6) is -0.741. The molecule has 3 N–H and O–H groups in total. The van der Waals surface area contributed by atoms with E-state index < -0.39 is 5.91 Å². The molecular weight excluding hydrogens is 376 g/mol. The molecule has 0 saturated carbocycles. The van der Waals surface area contributed by atoms with Crippen LogP contribution in [0.25, 0.3) is 33.2 Å². The zero-order valence-corrected chi connectivity index (χ0v) is 16.0. The molecule has 30 heavy (non-hydrogen) atoms. The van der Waals surface area contributed by atoms with Crippen molar-refractivity contribution in [1.29, 1.82) is 0 Å². The lowest BCUT2D eigenvalue weighted by molar-refractivity contribution is -0.111. The average molecular weight is 394 g/mol. The number of nitrogens with two attached hydrogens (primary N) is 1.